The summed E-state index contributed by atoms with van der Waals surface area (Å²) in [5.41, 5.74) is 2.78. The first kappa shape index (κ1) is 21.8. The number of carbonyl (C=O) groups excluding carboxylic acids is 1. The fourth-order valence-electron chi connectivity index (χ4n) is 2.95. The first-order chi connectivity index (χ1) is 14.3. The molecule has 6 nitrogen and oxygen atoms in total. The molecule has 0 fully saturated rings. The molecule has 30 heavy (non-hydrogen) atoms. The van der Waals surface area contributed by atoms with E-state index < -0.39 is 9.84 Å². The van der Waals surface area contributed by atoms with Gasteiger partial charge in [-0.1, -0.05) is 17.7 Å². The molecule has 0 aliphatic carbocycles. The molecule has 0 aliphatic rings. The Morgan fingerprint density at radius 1 is 1.00 bits per heavy atom. The third-order valence-corrected chi connectivity index (χ3v) is 6.96. The zero-order valence-corrected chi connectivity index (χ0v) is 18.2. The Morgan fingerprint density at radius 3 is 2.33 bits per heavy atom. The Kier molecular flexibility index (Phi) is 6.74. The van der Waals surface area contributed by atoms with Gasteiger partial charge < -0.3 is 10.6 Å². The average Bonchev–Trinajstić information content (AvgIpc) is 2.74. The van der Waals surface area contributed by atoms with Gasteiger partial charge in [-0.3, -0.25) is 9.78 Å². The van der Waals surface area contributed by atoms with Gasteiger partial charge in [-0.25, -0.2) is 8.42 Å². The van der Waals surface area contributed by atoms with Crippen LogP contribution in [0.4, 0.5) is 5.69 Å². The second-order valence-electron chi connectivity index (χ2n) is 6.83. The molecule has 156 valence electrons. The molecule has 8 heteroatoms. The SMILES string of the molecule is Cc1ccc(NCC(=O)NCc2ccncc2)c(S(=O)(=O)c2ccc(Cl)cc2)c1C. The van der Waals surface area contributed by atoms with Crippen LogP contribution in [0, 0.1) is 13.8 Å². The number of aryl methyl sites for hydroxylation is 1. The van der Waals surface area contributed by atoms with E-state index in [1.807, 2.05) is 25.1 Å². The number of aromatic nitrogens is 1. The summed E-state index contributed by atoms with van der Waals surface area (Å²) in [6, 6.07) is 13.2. The molecule has 0 bridgehead atoms. The van der Waals surface area contributed by atoms with Crippen molar-refractivity contribution in [3.05, 3.63) is 82.6 Å². The molecule has 3 rings (SSSR count). The molecule has 0 saturated carbocycles. The molecular weight excluding hydrogens is 422 g/mol. The maximum absolute atomic E-state index is 13.3. The summed E-state index contributed by atoms with van der Waals surface area (Å²) in [5.74, 6) is -0.250. The van der Waals surface area contributed by atoms with Gasteiger partial charge in [-0.15, -0.1) is 0 Å². The van der Waals surface area contributed by atoms with Gasteiger partial charge in [0.1, 0.15) is 0 Å². The molecule has 3 aromatic rings. The largest absolute Gasteiger partial charge is 0.375 e. The highest BCUT2D eigenvalue weighted by Crippen LogP contribution is 2.32. The predicted octanol–water partition coefficient (Wildman–Crippen LogP) is 3.91. The van der Waals surface area contributed by atoms with Crippen LogP contribution in [0.5, 0.6) is 0 Å². The van der Waals surface area contributed by atoms with E-state index in [-0.39, 0.29) is 22.2 Å². The van der Waals surface area contributed by atoms with Crippen molar-refractivity contribution in [1.82, 2.24) is 10.3 Å². The third-order valence-electron chi connectivity index (χ3n) is 4.75. The topological polar surface area (TPSA) is 88.2 Å². The molecule has 0 saturated heterocycles. The summed E-state index contributed by atoms with van der Waals surface area (Å²) in [6.45, 7) is 3.91. The number of halogens is 1. The van der Waals surface area contributed by atoms with Crippen molar-refractivity contribution < 1.29 is 13.2 Å². The summed E-state index contributed by atoms with van der Waals surface area (Å²) in [4.78, 5) is 16.5. The molecule has 0 radical (unpaired) electrons. The molecule has 0 atom stereocenters. The van der Waals surface area contributed by atoms with Gasteiger partial charge >= 0.3 is 0 Å². The lowest BCUT2D eigenvalue weighted by molar-refractivity contribution is -0.119. The number of rotatable bonds is 7. The Labute approximate surface area is 181 Å². The Morgan fingerprint density at radius 2 is 1.67 bits per heavy atom. The van der Waals surface area contributed by atoms with Crippen molar-refractivity contribution in [2.45, 2.75) is 30.2 Å². The van der Waals surface area contributed by atoms with E-state index in [1.54, 1.807) is 37.5 Å². The van der Waals surface area contributed by atoms with Crippen LogP contribution in [-0.2, 0) is 21.2 Å². The molecule has 2 aromatic carbocycles. The molecular formula is C22H22ClN3O3S. The van der Waals surface area contributed by atoms with Gasteiger partial charge in [0.15, 0.2) is 0 Å². The summed E-state index contributed by atoms with van der Waals surface area (Å²) >= 11 is 5.90. The highest BCUT2D eigenvalue weighted by atomic mass is 35.5. The fourth-order valence-corrected chi connectivity index (χ4v) is 4.80. The number of carbonyl (C=O) groups is 1. The van der Waals surface area contributed by atoms with Crippen LogP contribution < -0.4 is 10.6 Å². The van der Waals surface area contributed by atoms with Crippen LogP contribution in [0.15, 0.2) is 70.7 Å². The maximum atomic E-state index is 13.3. The number of hydrogen-bond acceptors (Lipinski definition) is 5. The molecule has 2 N–H and O–H groups in total. The van der Waals surface area contributed by atoms with Gasteiger partial charge in [0.25, 0.3) is 0 Å². The van der Waals surface area contributed by atoms with Crippen LogP contribution in [-0.4, -0.2) is 25.9 Å². The second kappa shape index (κ2) is 9.28. The van der Waals surface area contributed by atoms with Gasteiger partial charge in [0.2, 0.25) is 15.7 Å². The fraction of sp³-hybridized carbons (Fsp3) is 0.182. The minimum Gasteiger partial charge on any atom is -0.375 e. The number of hydrogen-bond donors (Lipinski definition) is 2. The number of anilines is 1. The molecule has 0 spiro atoms. The van der Waals surface area contributed by atoms with E-state index >= 15 is 0 Å². The van der Waals surface area contributed by atoms with Crippen LogP contribution >= 0.6 is 11.6 Å². The minimum atomic E-state index is -3.80. The molecule has 0 aliphatic heterocycles. The molecule has 1 aromatic heterocycles. The van der Waals surface area contributed by atoms with Crippen molar-refractivity contribution in [2.75, 3.05) is 11.9 Å². The van der Waals surface area contributed by atoms with Crippen molar-refractivity contribution >= 4 is 33.0 Å². The average molecular weight is 444 g/mol. The number of benzene rings is 2. The number of amides is 1. The van der Waals surface area contributed by atoms with Gasteiger partial charge in [-0.05, 0) is 73.0 Å². The summed E-state index contributed by atoms with van der Waals surface area (Å²) in [7, 11) is -3.80. The van der Waals surface area contributed by atoms with E-state index in [4.69, 9.17) is 11.6 Å². The Hall–Kier alpha value is -2.90. The zero-order valence-electron chi connectivity index (χ0n) is 16.6. The lowest BCUT2D eigenvalue weighted by Crippen LogP contribution is -2.29. The first-order valence-electron chi connectivity index (χ1n) is 9.29. The van der Waals surface area contributed by atoms with E-state index in [1.165, 1.54) is 12.1 Å². The van der Waals surface area contributed by atoms with Crippen LogP contribution in [0.2, 0.25) is 5.02 Å². The van der Waals surface area contributed by atoms with Crippen LogP contribution in [0.3, 0.4) is 0 Å². The van der Waals surface area contributed by atoms with Crippen LogP contribution in [0.25, 0.3) is 0 Å². The van der Waals surface area contributed by atoms with E-state index in [2.05, 4.69) is 15.6 Å². The zero-order chi connectivity index (χ0) is 21.7. The normalized spacial score (nSPS) is 11.2. The third kappa shape index (κ3) is 4.98. The van der Waals surface area contributed by atoms with Crippen molar-refractivity contribution in [3.8, 4) is 0 Å². The highest BCUT2D eigenvalue weighted by Gasteiger charge is 2.25. The standard InChI is InChI=1S/C22H22ClN3O3S/c1-15-3-8-20(25-14-21(27)26-13-17-9-11-24-12-10-17)22(16(15)2)30(28,29)19-6-4-18(23)5-7-19/h3-12,25H,13-14H2,1-2H3,(H,26,27). The van der Waals surface area contributed by atoms with Gasteiger partial charge in [-0.2, -0.15) is 0 Å². The number of pyridine rings is 1. The summed E-state index contributed by atoms with van der Waals surface area (Å²) in [5, 5.41) is 6.23. The van der Waals surface area contributed by atoms with Crippen molar-refractivity contribution in [1.29, 1.82) is 0 Å². The van der Waals surface area contributed by atoms with E-state index in [9.17, 15) is 13.2 Å². The summed E-state index contributed by atoms with van der Waals surface area (Å²) < 4.78 is 26.6. The monoisotopic (exact) mass is 443 g/mol. The summed E-state index contributed by atoms with van der Waals surface area (Å²) in [6.07, 6.45) is 3.31. The predicted molar refractivity (Wildman–Crippen MR) is 117 cm³/mol. The smallest absolute Gasteiger partial charge is 0.239 e. The first-order valence-corrected chi connectivity index (χ1v) is 11.2. The maximum Gasteiger partial charge on any atom is 0.239 e. The van der Waals surface area contributed by atoms with Crippen molar-refractivity contribution in [3.63, 3.8) is 0 Å². The highest BCUT2D eigenvalue weighted by molar-refractivity contribution is 7.91. The van der Waals surface area contributed by atoms with Crippen LogP contribution in [0.1, 0.15) is 16.7 Å². The van der Waals surface area contributed by atoms with E-state index in [0.717, 1.165) is 11.1 Å². The lowest BCUT2D eigenvalue weighted by atomic mass is 10.1. The minimum absolute atomic E-state index is 0.0588. The molecule has 1 amide bonds. The van der Waals surface area contributed by atoms with Gasteiger partial charge in [0.05, 0.1) is 22.0 Å². The second-order valence-corrected chi connectivity index (χ2v) is 9.15. The Bertz CT molecular complexity index is 1150. The van der Waals surface area contributed by atoms with Crippen molar-refractivity contribution in [2.24, 2.45) is 0 Å². The lowest BCUT2D eigenvalue weighted by Gasteiger charge is -2.17. The number of nitrogens with zero attached hydrogens (tertiary/aromatic N) is 1. The van der Waals surface area contributed by atoms with E-state index in [0.29, 0.717) is 22.8 Å². The quantitative estimate of drug-likeness (QED) is 0.578. The van der Waals surface area contributed by atoms with Gasteiger partial charge in [0, 0.05) is 24.0 Å². The number of sulfone groups is 1. The Balaban J connectivity index is 1.81. The molecule has 1 heterocycles. The molecule has 0 unspecified atom stereocenters. The number of nitrogens with one attached hydrogen (secondary N) is 2.